The maximum atomic E-state index is 7.24. The van der Waals surface area contributed by atoms with Gasteiger partial charge in [0.1, 0.15) is 0 Å². The highest BCUT2D eigenvalue weighted by Gasteiger charge is 2.61. The van der Waals surface area contributed by atoms with E-state index in [0.29, 0.717) is 6.61 Å². The minimum Gasteiger partial charge on any atom is -0.415 e. The van der Waals surface area contributed by atoms with Crippen molar-refractivity contribution in [1.82, 2.24) is 0 Å². The van der Waals surface area contributed by atoms with E-state index in [1.807, 2.05) is 0 Å². The molecule has 1 atom stereocenters. The van der Waals surface area contributed by atoms with Gasteiger partial charge in [-0.1, -0.05) is 55.4 Å². The summed E-state index contributed by atoms with van der Waals surface area (Å²) in [5.41, 5.74) is 0.0297. The van der Waals surface area contributed by atoms with Gasteiger partial charge in [0.15, 0.2) is 0 Å². The van der Waals surface area contributed by atoms with Gasteiger partial charge in [-0.3, -0.25) is 0 Å². The van der Waals surface area contributed by atoms with Crippen LogP contribution in [-0.4, -0.2) is 46.6 Å². The van der Waals surface area contributed by atoms with Crippen molar-refractivity contribution >= 4 is 34.2 Å². The molecule has 0 radical (unpaired) electrons. The molecule has 1 aliphatic rings. The van der Waals surface area contributed by atoms with Crippen molar-refractivity contribution < 1.29 is 21.2 Å². The Labute approximate surface area is 178 Å². The molecule has 1 heterocycles. The van der Waals surface area contributed by atoms with Gasteiger partial charge in [-0.2, -0.15) is 0 Å². The van der Waals surface area contributed by atoms with Gasteiger partial charge in [0.05, 0.1) is 5.73 Å². The molecule has 5 nitrogen and oxygen atoms in total. The van der Waals surface area contributed by atoms with E-state index in [1.165, 1.54) is 0 Å². The largest absolute Gasteiger partial charge is 0.415 e. The molecule has 0 aromatic heterocycles. The zero-order valence-corrected chi connectivity index (χ0v) is 24.0. The smallest absolute Gasteiger partial charge is 0.350 e. The lowest BCUT2D eigenvalue weighted by Crippen LogP contribution is -2.72. The molecule has 168 valence electrons. The van der Waals surface area contributed by atoms with Crippen LogP contribution in [0.3, 0.4) is 0 Å². The molecular formula is C19H46O5Si4. The average molecular weight is 467 g/mol. The first-order valence-electron chi connectivity index (χ1n) is 11.7. The first-order valence-corrected chi connectivity index (χ1v) is 20.5. The Morgan fingerprint density at radius 1 is 0.536 bits per heavy atom. The van der Waals surface area contributed by atoms with Crippen LogP contribution < -0.4 is 0 Å². The van der Waals surface area contributed by atoms with Crippen LogP contribution in [0.25, 0.3) is 0 Å². The van der Waals surface area contributed by atoms with Crippen LogP contribution in [0.5, 0.6) is 0 Å². The van der Waals surface area contributed by atoms with Gasteiger partial charge in [0.25, 0.3) is 0 Å². The zero-order valence-electron chi connectivity index (χ0n) is 20.0. The second kappa shape index (κ2) is 11.3. The summed E-state index contributed by atoms with van der Waals surface area (Å²) < 4.78 is 35.0. The van der Waals surface area contributed by atoms with E-state index in [4.69, 9.17) is 21.2 Å². The van der Waals surface area contributed by atoms with E-state index < -0.39 is 34.2 Å². The molecular weight excluding hydrogens is 421 g/mol. The van der Waals surface area contributed by atoms with Crippen LogP contribution >= 0.6 is 0 Å². The topological polar surface area (TPSA) is 46.2 Å². The maximum Gasteiger partial charge on any atom is 0.350 e. The molecule has 1 saturated heterocycles. The van der Waals surface area contributed by atoms with E-state index in [-0.39, 0.29) is 5.73 Å². The lowest BCUT2D eigenvalue weighted by atomic mass is 10.5. The monoisotopic (exact) mass is 466 g/mol. The van der Waals surface area contributed by atoms with Crippen molar-refractivity contribution in [2.45, 2.75) is 117 Å². The minimum atomic E-state index is -2.66. The molecule has 0 aromatic carbocycles. The lowest BCUT2D eigenvalue weighted by Gasteiger charge is -2.54. The van der Waals surface area contributed by atoms with Crippen molar-refractivity contribution in [3.8, 4) is 0 Å². The molecule has 0 saturated carbocycles. The van der Waals surface area contributed by atoms with Crippen LogP contribution in [-0.2, 0) is 21.2 Å². The van der Waals surface area contributed by atoms with Gasteiger partial charge < -0.3 is 21.2 Å². The van der Waals surface area contributed by atoms with Crippen LogP contribution in [0.2, 0.25) is 42.3 Å². The van der Waals surface area contributed by atoms with Gasteiger partial charge in [0, 0.05) is 6.61 Å². The van der Waals surface area contributed by atoms with Gasteiger partial charge in [-0.05, 0) is 55.7 Å². The standard InChI is InChI=1S/C19H46O5Si4/c1-10-19(20-11-2)28(18-9)23-26(14-5,15-6)21-25(12-3,13-4)22-27(16-7,17-8)24-28/h19H,10-18H2,1-9H3. The van der Waals surface area contributed by atoms with Crippen LogP contribution in [0.1, 0.15) is 68.7 Å². The molecule has 1 rings (SSSR count). The molecule has 28 heavy (non-hydrogen) atoms. The maximum absolute atomic E-state index is 7.24. The van der Waals surface area contributed by atoms with Crippen molar-refractivity contribution in [2.75, 3.05) is 6.61 Å². The number of hydrogen-bond donors (Lipinski definition) is 0. The Balaban J connectivity index is 3.62. The van der Waals surface area contributed by atoms with Crippen LogP contribution in [0, 0.1) is 0 Å². The summed E-state index contributed by atoms with van der Waals surface area (Å²) in [4.78, 5) is 0. The number of ether oxygens (including phenoxy) is 1. The third kappa shape index (κ3) is 5.47. The molecule has 0 aromatic rings. The molecule has 1 fully saturated rings. The van der Waals surface area contributed by atoms with Gasteiger partial charge in [-0.15, -0.1) is 0 Å². The van der Waals surface area contributed by atoms with Crippen molar-refractivity contribution in [3.05, 3.63) is 0 Å². The number of hydrogen-bond acceptors (Lipinski definition) is 5. The van der Waals surface area contributed by atoms with E-state index in [1.54, 1.807) is 0 Å². The first-order chi connectivity index (χ1) is 13.3. The predicted molar refractivity (Wildman–Crippen MR) is 126 cm³/mol. The van der Waals surface area contributed by atoms with Crippen molar-refractivity contribution in [3.63, 3.8) is 0 Å². The minimum absolute atomic E-state index is 0.0297. The van der Waals surface area contributed by atoms with Crippen molar-refractivity contribution in [1.29, 1.82) is 0 Å². The van der Waals surface area contributed by atoms with Gasteiger partial charge >= 0.3 is 34.2 Å². The summed E-state index contributed by atoms with van der Waals surface area (Å²) in [6, 6.07) is 6.56. The highest BCUT2D eigenvalue weighted by atomic mass is 28.5. The van der Waals surface area contributed by atoms with Crippen LogP contribution in [0.4, 0.5) is 0 Å². The lowest BCUT2D eigenvalue weighted by molar-refractivity contribution is 0.0709. The summed E-state index contributed by atoms with van der Waals surface area (Å²) in [5.74, 6) is 0. The van der Waals surface area contributed by atoms with E-state index in [0.717, 1.165) is 48.7 Å². The first kappa shape index (κ1) is 26.7. The normalized spacial score (nSPS) is 24.3. The highest BCUT2D eigenvalue weighted by Crippen LogP contribution is 2.42. The van der Waals surface area contributed by atoms with Crippen LogP contribution in [0.15, 0.2) is 0 Å². The Bertz CT molecular complexity index is 428. The quantitative estimate of drug-likeness (QED) is 0.333. The Kier molecular flexibility index (Phi) is 10.8. The van der Waals surface area contributed by atoms with Gasteiger partial charge in [-0.25, -0.2) is 0 Å². The van der Waals surface area contributed by atoms with E-state index >= 15 is 0 Å². The second-order valence-electron chi connectivity index (χ2n) is 7.78. The molecule has 0 bridgehead atoms. The summed E-state index contributed by atoms with van der Waals surface area (Å²) >= 11 is 0. The predicted octanol–water partition coefficient (Wildman–Crippen LogP) is 6.33. The van der Waals surface area contributed by atoms with Crippen molar-refractivity contribution in [2.24, 2.45) is 0 Å². The Hall–Kier alpha value is 0.668. The molecule has 0 amide bonds. The van der Waals surface area contributed by atoms with E-state index in [9.17, 15) is 0 Å². The number of rotatable bonds is 11. The summed E-state index contributed by atoms with van der Waals surface area (Å²) in [7, 11) is -9.87. The molecule has 1 unspecified atom stereocenters. The Morgan fingerprint density at radius 2 is 0.893 bits per heavy atom. The average Bonchev–Trinajstić information content (AvgIpc) is 2.73. The fourth-order valence-corrected chi connectivity index (χ4v) is 29.0. The summed E-state index contributed by atoms with van der Waals surface area (Å²) in [5, 5.41) is 0. The molecule has 0 spiro atoms. The molecule has 0 aliphatic carbocycles. The molecule has 9 heteroatoms. The summed E-state index contributed by atoms with van der Waals surface area (Å²) in [6.45, 7) is 20.5. The SMILES string of the molecule is CCOC(CC)[Si]1(CC)O[Si](CC)(CC)O[Si](CC)(CC)O[Si](CC)(CC)O1. The molecule has 0 N–H and O–H groups in total. The molecule has 1 aliphatic heterocycles. The Morgan fingerprint density at radius 3 is 1.14 bits per heavy atom. The highest BCUT2D eigenvalue weighted by molar-refractivity contribution is 6.95. The summed E-state index contributed by atoms with van der Waals surface area (Å²) in [6.07, 6.45) is 0.911. The van der Waals surface area contributed by atoms with Gasteiger partial charge in [0.2, 0.25) is 0 Å². The van der Waals surface area contributed by atoms with E-state index in [2.05, 4.69) is 62.3 Å². The zero-order chi connectivity index (χ0) is 21.5. The third-order valence-corrected chi connectivity index (χ3v) is 27.1. The fraction of sp³-hybridized carbons (Fsp3) is 1.00. The third-order valence-electron chi connectivity index (χ3n) is 6.42. The second-order valence-corrected chi connectivity index (χ2v) is 23.7. The fourth-order valence-electron chi connectivity index (χ4n) is 4.27.